The average molecular weight is 611 g/mol. The number of hydrogen-bond acceptors (Lipinski definition) is 8. The molecule has 2 heterocycles. The van der Waals surface area contributed by atoms with E-state index >= 15 is 0 Å². The predicted molar refractivity (Wildman–Crippen MR) is 171 cm³/mol. The third-order valence-electron chi connectivity index (χ3n) is 9.11. The number of ether oxygens (including phenoxy) is 3. The molecule has 0 saturated heterocycles. The molecule has 4 aromatic carbocycles. The molecular formula is C38H30N2O6. The molecule has 0 aromatic heterocycles. The Morgan fingerprint density at radius 3 is 1.67 bits per heavy atom. The number of methoxy groups -OCH3 is 1. The summed E-state index contributed by atoms with van der Waals surface area (Å²) >= 11 is 0. The Balaban J connectivity index is 1.56. The van der Waals surface area contributed by atoms with E-state index in [1.165, 1.54) is 13.2 Å². The van der Waals surface area contributed by atoms with Crippen LogP contribution in [-0.2, 0) is 28.6 Å². The normalized spacial score (nSPS) is 26.9. The van der Waals surface area contributed by atoms with E-state index in [0.29, 0.717) is 16.7 Å². The summed E-state index contributed by atoms with van der Waals surface area (Å²) in [5.41, 5.74) is -0.588. The van der Waals surface area contributed by atoms with Crippen molar-refractivity contribution in [2.75, 3.05) is 7.11 Å². The minimum atomic E-state index is -1.70. The number of nitrogens with zero attached hydrogens (tertiary/aromatic N) is 2. The molecule has 0 N–H and O–H groups in total. The smallest absolute Gasteiger partial charge is 0.342 e. The molecule has 0 unspecified atom stereocenters. The second-order valence-electron chi connectivity index (χ2n) is 11.5. The molecule has 5 atom stereocenters. The highest BCUT2D eigenvalue weighted by Crippen LogP contribution is 2.62. The fraction of sp³-hybridized carbons (Fsp3) is 0.184. The fourth-order valence-electron chi connectivity index (χ4n) is 7.12. The lowest BCUT2D eigenvalue weighted by atomic mass is 9.51. The van der Waals surface area contributed by atoms with E-state index in [1.807, 2.05) is 121 Å². The molecule has 46 heavy (non-hydrogen) atoms. The van der Waals surface area contributed by atoms with Crippen LogP contribution in [0.2, 0.25) is 0 Å². The number of benzene rings is 4. The van der Waals surface area contributed by atoms with Gasteiger partial charge in [-0.05, 0) is 41.8 Å². The lowest BCUT2D eigenvalue weighted by Crippen LogP contribution is -2.63. The molecule has 3 aliphatic rings. The summed E-state index contributed by atoms with van der Waals surface area (Å²) in [4.78, 5) is 52.1. The second-order valence-corrected chi connectivity index (χ2v) is 11.5. The summed E-state index contributed by atoms with van der Waals surface area (Å²) < 4.78 is 17.0. The van der Waals surface area contributed by atoms with Gasteiger partial charge in [0.05, 0.1) is 13.0 Å². The van der Waals surface area contributed by atoms with Gasteiger partial charge in [-0.3, -0.25) is 0 Å². The van der Waals surface area contributed by atoms with Crippen molar-refractivity contribution in [3.05, 3.63) is 156 Å². The van der Waals surface area contributed by atoms with Crippen molar-refractivity contribution in [1.82, 2.24) is 0 Å². The van der Waals surface area contributed by atoms with Crippen LogP contribution in [0.15, 0.2) is 143 Å². The molecule has 0 radical (unpaired) electrons. The predicted octanol–water partition coefficient (Wildman–Crippen LogP) is 5.79. The standard InChI is InChI=1S/C38H30N2O6/c1-44-31(41)23-22-29-24-30(25-14-6-2-7-15-25)38(36(43)46-34(40-38)28-20-12-5-13-21-28)32(26-16-8-3-9-17-26)37(29)35(42)45-33(39-37)27-18-10-4-11-19-27/h2-23,29-30,32H,24H2,1H3/b23-22+/t29-,30-,32-,37-,38+/m0/s1. The molecule has 8 heteroatoms. The van der Waals surface area contributed by atoms with Crippen LogP contribution in [0, 0.1) is 5.92 Å². The van der Waals surface area contributed by atoms with Crippen LogP contribution in [0.25, 0.3) is 0 Å². The van der Waals surface area contributed by atoms with Crippen molar-refractivity contribution < 1.29 is 28.6 Å². The first-order valence-corrected chi connectivity index (χ1v) is 15.1. The molecular weight excluding hydrogens is 580 g/mol. The summed E-state index contributed by atoms with van der Waals surface area (Å²) in [6.45, 7) is 0. The van der Waals surface area contributed by atoms with Crippen LogP contribution in [0.4, 0.5) is 0 Å². The van der Waals surface area contributed by atoms with Gasteiger partial charge in [0.1, 0.15) is 0 Å². The molecule has 4 aromatic rings. The first-order chi connectivity index (χ1) is 22.5. The van der Waals surface area contributed by atoms with E-state index in [-0.39, 0.29) is 18.2 Å². The highest BCUT2D eigenvalue weighted by Gasteiger charge is 2.73. The lowest BCUT2D eigenvalue weighted by molar-refractivity contribution is -0.150. The SMILES string of the molecule is COC(=O)/C=C/[C@H]1C[C@@H](c2ccccc2)[C@@]2(N=C(c3ccccc3)OC2=O)[C@@H](c2ccccc2)[C@@]12N=C(c1ccccc1)OC2=O. The molecule has 7 rings (SSSR count). The Morgan fingerprint density at radius 2 is 1.15 bits per heavy atom. The topological polar surface area (TPSA) is 104 Å². The van der Waals surface area contributed by atoms with Crippen molar-refractivity contribution in [2.24, 2.45) is 15.9 Å². The van der Waals surface area contributed by atoms with E-state index in [2.05, 4.69) is 0 Å². The van der Waals surface area contributed by atoms with E-state index in [0.717, 1.165) is 5.56 Å². The van der Waals surface area contributed by atoms with Crippen LogP contribution < -0.4 is 0 Å². The average Bonchev–Trinajstić information content (AvgIpc) is 3.63. The Morgan fingerprint density at radius 1 is 0.696 bits per heavy atom. The number of aliphatic imine (C=N–C) groups is 2. The number of carbonyl (C=O) groups excluding carboxylic acids is 3. The largest absolute Gasteiger partial charge is 0.466 e. The number of cyclic esters (lactones) is 2. The maximum absolute atomic E-state index is 14.7. The van der Waals surface area contributed by atoms with Gasteiger partial charge in [-0.2, -0.15) is 0 Å². The van der Waals surface area contributed by atoms with E-state index in [9.17, 15) is 14.4 Å². The Kier molecular flexibility index (Phi) is 7.41. The Labute approximate surface area is 266 Å². The van der Waals surface area contributed by atoms with Gasteiger partial charge in [0.2, 0.25) is 11.8 Å². The first-order valence-electron chi connectivity index (χ1n) is 15.1. The summed E-state index contributed by atoms with van der Waals surface area (Å²) in [6, 6.07) is 37.3. The summed E-state index contributed by atoms with van der Waals surface area (Å²) in [5, 5.41) is 0. The van der Waals surface area contributed by atoms with Gasteiger partial charge >= 0.3 is 17.9 Å². The van der Waals surface area contributed by atoms with Gasteiger partial charge in [0.15, 0.2) is 11.1 Å². The molecule has 0 amide bonds. The number of carbonyl (C=O) groups is 3. The highest BCUT2D eigenvalue weighted by atomic mass is 16.6. The zero-order valence-electron chi connectivity index (χ0n) is 25.0. The zero-order chi connectivity index (χ0) is 31.7. The van der Waals surface area contributed by atoms with Crippen molar-refractivity contribution >= 4 is 29.7 Å². The number of rotatable bonds is 6. The Bertz CT molecular complexity index is 1870. The first kappa shape index (κ1) is 29.1. The van der Waals surface area contributed by atoms with Crippen LogP contribution in [-0.4, -0.2) is 47.9 Å². The fourth-order valence-corrected chi connectivity index (χ4v) is 7.12. The van der Waals surface area contributed by atoms with Gasteiger partial charge in [-0.1, -0.05) is 103 Å². The molecule has 1 fully saturated rings. The molecule has 2 aliphatic heterocycles. The van der Waals surface area contributed by atoms with Crippen LogP contribution in [0.1, 0.15) is 40.5 Å². The number of esters is 3. The van der Waals surface area contributed by atoms with Gasteiger partial charge in [0.25, 0.3) is 0 Å². The van der Waals surface area contributed by atoms with E-state index < -0.39 is 46.7 Å². The molecule has 2 spiro atoms. The van der Waals surface area contributed by atoms with Gasteiger partial charge in [-0.15, -0.1) is 0 Å². The van der Waals surface area contributed by atoms with Crippen molar-refractivity contribution in [1.29, 1.82) is 0 Å². The van der Waals surface area contributed by atoms with Gasteiger partial charge in [0, 0.05) is 29.0 Å². The molecule has 1 aliphatic carbocycles. The van der Waals surface area contributed by atoms with E-state index in [1.54, 1.807) is 6.08 Å². The quantitative estimate of drug-likeness (QED) is 0.156. The third-order valence-corrected chi connectivity index (χ3v) is 9.11. The number of hydrogen-bond donors (Lipinski definition) is 0. The van der Waals surface area contributed by atoms with Crippen molar-refractivity contribution in [2.45, 2.75) is 29.3 Å². The summed E-state index contributed by atoms with van der Waals surface area (Å²) in [5.74, 6) is -3.76. The van der Waals surface area contributed by atoms with Crippen molar-refractivity contribution in [3.63, 3.8) is 0 Å². The van der Waals surface area contributed by atoms with E-state index in [4.69, 9.17) is 24.2 Å². The molecule has 0 bridgehead atoms. The minimum absolute atomic E-state index is 0.134. The highest BCUT2D eigenvalue weighted by molar-refractivity contribution is 6.12. The second kappa shape index (κ2) is 11.7. The summed E-state index contributed by atoms with van der Waals surface area (Å²) in [7, 11) is 1.29. The monoisotopic (exact) mass is 610 g/mol. The lowest BCUT2D eigenvalue weighted by Gasteiger charge is -2.52. The van der Waals surface area contributed by atoms with Crippen LogP contribution in [0.3, 0.4) is 0 Å². The molecule has 8 nitrogen and oxygen atoms in total. The zero-order valence-corrected chi connectivity index (χ0v) is 25.0. The molecule has 1 saturated carbocycles. The van der Waals surface area contributed by atoms with Crippen molar-refractivity contribution in [3.8, 4) is 0 Å². The molecule has 228 valence electrons. The van der Waals surface area contributed by atoms with Crippen LogP contribution in [0.5, 0.6) is 0 Å². The summed E-state index contributed by atoms with van der Waals surface area (Å²) in [6.07, 6.45) is 3.19. The van der Waals surface area contributed by atoms with Gasteiger partial charge in [-0.25, -0.2) is 24.4 Å². The maximum Gasteiger partial charge on any atom is 0.342 e. The third kappa shape index (κ3) is 4.65. The van der Waals surface area contributed by atoms with Gasteiger partial charge < -0.3 is 14.2 Å². The minimum Gasteiger partial charge on any atom is -0.466 e. The van der Waals surface area contributed by atoms with Crippen LogP contribution >= 0.6 is 0 Å². The Hall–Kier alpha value is -5.63. The maximum atomic E-state index is 14.7.